The van der Waals surface area contributed by atoms with E-state index in [1.807, 2.05) is 39.0 Å². The third-order valence-electron chi connectivity index (χ3n) is 4.09. The Balaban J connectivity index is 1.58. The molecule has 4 rings (SSSR count). The average molecular weight is 364 g/mol. The van der Waals surface area contributed by atoms with Gasteiger partial charge in [0.15, 0.2) is 0 Å². The lowest BCUT2D eigenvalue weighted by Crippen LogP contribution is -2.18. The fraction of sp³-hybridized carbons (Fsp3) is 0.222. The number of carbonyl (C=O) groups excluding carboxylic acids is 1. The second-order valence-corrected chi connectivity index (χ2v) is 6.21. The molecule has 0 atom stereocenters. The van der Waals surface area contributed by atoms with E-state index in [2.05, 4.69) is 20.1 Å². The summed E-state index contributed by atoms with van der Waals surface area (Å²) in [6.07, 6.45) is 0. The minimum Gasteiger partial charge on any atom is -0.453 e. The molecule has 0 saturated heterocycles. The smallest absolute Gasteiger partial charge is 0.378 e. The van der Waals surface area contributed by atoms with Crippen LogP contribution in [0.15, 0.2) is 35.1 Å². The molecule has 0 fully saturated rings. The number of hydrogen-bond donors (Lipinski definition) is 0. The number of hydrogen-bond acceptors (Lipinski definition) is 7. The van der Waals surface area contributed by atoms with Crippen LogP contribution in [0.4, 0.5) is 0 Å². The summed E-state index contributed by atoms with van der Waals surface area (Å²) in [5.74, 6) is -0.467. The van der Waals surface area contributed by atoms with Crippen molar-refractivity contribution in [3.05, 3.63) is 69.3 Å². The largest absolute Gasteiger partial charge is 0.453 e. The molecule has 0 bridgehead atoms. The van der Waals surface area contributed by atoms with Gasteiger partial charge in [-0.2, -0.15) is 4.98 Å². The zero-order valence-electron chi connectivity index (χ0n) is 15.0. The van der Waals surface area contributed by atoms with Crippen molar-refractivity contribution in [3.63, 3.8) is 0 Å². The quantitative estimate of drug-likeness (QED) is 0.506. The normalized spacial score (nSPS) is 11.2. The summed E-state index contributed by atoms with van der Waals surface area (Å²) < 4.78 is 8.20. The van der Waals surface area contributed by atoms with E-state index < -0.39 is 5.97 Å². The van der Waals surface area contributed by atoms with Crippen LogP contribution in [0.3, 0.4) is 0 Å². The van der Waals surface area contributed by atoms with Crippen LogP contribution in [-0.4, -0.2) is 34.9 Å². The topological polar surface area (TPSA) is 104 Å². The lowest BCUT2D eigenvalue weighted by molar-refractivity contribution is 0.0453. The number of aryl methyl sites for hydroxylation is 3. The van der Waals surface area contributed by atoms with Crippen LogP contribution in [0.2, 0.25) is 0 Å². The van der Waals surface area contributed by atoms with Gasteiger partial charge in [0.05, 0.1) is 5.69 Å². The van der Waals surface area contributed by atoms with E-state index in [0.717, 1.165) is 17.1 Å². The van der Waals surface area contributed by atoms with E-state index in [-0.39, 0.29) is 18.0 Å². The van der Waals surface area contributed by atoms with Crippen molar-refractivity contribution in [1.82, 2.24) is 29.0 Å². The molecule has 0 aliphatic heterocycles. The number of carbonyl (C=O) groups is 1. The Kier molecular flexibility index (Phi) is 3.91. The van der Waals surface area contributed by atoms with Crippen molar-refractivity contribution in [2.75, 3.05) is 0 Å². The van der Waals surface area contributed by atoms with Crippen molar-refractivity contribution < 1.29 is 9.53 Å². The Bertz CT molecular complexity index is 1260. The zero-order valence-corrected chi connectivity index (χ0v) is 15.0. The summed E-state index contributed by atoms with van der Waals surface area (Å²) in [5, 5.41) is 4.13. The van der Waals surface area contributed by atoms with Gasteiger partial charge in [0.1, 0.15) is 12.3 Å². The minimum absolute atomic E-state index is 0.0930. The van der Waals surface area contributed by atoms with E-state index in [9.17, 15) is 9.59 Å². The molecule has 0 N–H and O–H groups in total. The van der Waals surface area contributed by atoms with Gasteiger partial charge in [0.25, 0.3) is 17.2 Å². The minimum atomic E-state index is -0.705. The van der Waals surface area contributed by atoms with Crippen LogP contribution in [0.1, 0.15) is 33.4 Å². The van der Waals surface area contributed by atoms with Crippen molar-refractivity contribution in [3.8, 4) is 0 Å². The van der Waals surface area contributed by atoms with Gasteiger partial charge in [-0.15, -0.1) is 5.10 Å². The van der Waals surface area contributed by atoms with Crippen LogP contribution in [0.5, 0.6) is 0 Å². The summed E-state index contributed by atoms with van der Waals surface area (Å²) in [6, 6.07) is 8.54. The molecular formula is C18H16N6O3. The zero-order chi connectivity index (χ0) is 19.1. The second kappa shape index (κ2) is 6.27. The molecule has 0 aromatic carbocycles. The maximum atomic E-state index is 12.3. The second-order valence-electron chi connectivity index (χ2n) is 6.21. The molecule has 0 aliphatic rings. The van der Waals surface area contributed by atoms with Crippen LogP contribution < -0.4 is 5.56 Å². The summed E-state index contributed by atoms with van der Waals surface area (Å²) in [6.45, 7) is 5.35. The predicted octanol–water partition coefficient (Wildman–Crippen LogP) is 1.41. The van der Waals surface area contributed by atoms with Gasteiger partial charge >= 0.3 is 5.97 Å². The molecule has 0 aliphatic carbocycles. The van der Waals surface area contributed by atoms with Gasteiger partial charge in [-0.3, -0.25) is 9.20 Å². The highest BCUT2D eigenvalue weighted by molar-refractivity contribution is 5.85. The highest BCUT2D eigenvalue weighted by atomic mass is 16.5. The molecule has 4 aromatic heterocycles. The molecule has 0 radical (unpaired) electrons. The number of esters is 1. The first-order chi connectivity index (χ1) is 12.9. The molecule has 136 valence electrons. The van der Waals surface area contributed by atoms with Crippen molar-refractivity contribution in [1.29, 1.82) is 0 Å². The van der Waals surface area contributed by atoms with E-state index in [1.54, 1.807) is 6.07 Å². The van der Waals surface area contributed by atoms with E-state index in [4.69, 9.17) is 4.74 Å². The van der Waals surface area contributed by atoms with Gasteiger partial charge in [-0.1, -0.05) is 6.07 Å². The number of ether oxygens (including phenoxy) is 1. The third-order valence-corrected chi connectivity index (χ3v) is 4.09. The highest BCUT2D eigenvalue weighted by Crippen LogP contribution is 2.08. The lowest BCUT2D eigenvalue weighted by atomic mass is 10.3. The Morgan fingerprint density at radius 1 is 1.07 bits per heavy atom. The molecule has 4 aromatic rings. The maximum absolute atomic E-state index is 12.3. The molecule has 0 spiro atoms. The molecule has 9 nitrogen and oxygen atoms in total. The van der Waals surface area contributed by atoms with Crippen molar-refractivity contribution in [2.45, 2.75) is 27.4 Å². The summed E-state index contributed by atoms with van der Waals surface area (Å²) in [7, 11) is 0. The number of aromatic nitrogens is 6. The number of nitrogens with zero attached hydrogens (tertiary/aromatic N) is 6. The van der Waals surface area contributed by atoms with Gasteiger partial charge in [0, 0.05) is 23.1 Å². The standard InChI is InChI=1S/C18H16N6O3/c1-10-7-12(3)24-18(19-10)21-16(22-24)17(26)27-9-13-8-15(25)23-11(2)5-4-6-14(23)20-13/h4-8H,9H2,1-3H3. The Hall–Kier alpha value is -3.62. The molecular weight excluding hydrogens is 348 g/mol. The molecule has 0 unspecified atom stereocenters. The Morgan fingerprint density at radius 3 is 2.70 bits per heavy atom. The Labute approximate surface area is 153 Å². The van der Waals surface area contributed by atoms with Gasteiger partial charge < -0.3 is 4.74 Å². The van der Waals surface area contributed by atoms with Crippen molar-refractivity contribution >= 4 is 17.4 Å². The van der Waals surface area contributed by atoms with Gasteiger partial charge in [-0.25, -0.2) is 19.3 Å². The van der Waals surface area contributed by atoms with Crippen molar-refractivity contribution in [2.24, 2.45) is 0 Å². The van der Waals surface area contributed by atoms with Crippen LogP contribution in [-0.2, 0) is 11.3 Å². The number of rotatable bonds is 3. The highest BCUT2D eigenvalue weighted by Gasteiger charge is 2.17. The monoisotopic (exact) mass is 364 g/mol. The fourth-order valence-corrected chi connectivity index (χ4v) is 2.89. The van der Waals surface area contributed by atoms with Gasteiger partial charge in [-0.05, 0) is 39.0 Å². The first-order valence-electron chi connectivity index (χ1n) is 8.29. The Morgan fingerprint density at radius 2 is 1.89 bits per heavy atom. The summed E-state index contributed by atoms with van der Waals surface area (Å²) >= 11 is 0. The van der Waals surface area contributed by atoms with E-state index >= 15 is 0 Å². The molecule has 27 heavy (non-hydrogen) atoms. The molecule has 4 heterocycles. The first-order valence-corrected chi connectivity index (χ1v) is 8.29. The van der Waals surface area contributed by atoms with Crippen LogP contribution in [0.25, 0.3) is 11.4 Å². The molecule has 9 heteroatoms. The lowest BCUT2D eigenvalue weighted by Gasteiger charge is -2.06. The molecule has 0 saturated carbocycles. The maximum Gasteiger partial charge on any atom is 0.378 e. The number of pyridine rings is 1. The fourth-order valence-electron chi connectivity index (χ4n) is 2.89. The summed E-state index contributed by atoms with van der Waals surface area (Å²) in [5.41, 5.74) is 2.99. The van der Waals surface area contributed by atoms with E-state index in [0.29, 0.717) is 17.1 Å². The van der Waals surface area contributed by atoms with Crippen LogP contribution >= 0.6 is 0 Å². The first kappa shape index (κ1) is 16.8. The molecule has 0 amide bonds. The van der Waals surface area contributed by atoms with Crippen LogP contribution in [0, 0.1) is 20.8 Å². The predicted molar refractivity (Wildman–Crippen MR) is 95.6 cm³/mol. The average Bonchev–Trinajstić information content (AvgIpc) is 3.04. The third kappa shape index (κ3) is 3.03. The number of fused-ring (bicyclic) bond motifs is 2. The summed E-state index contributed by atoms with van der Waals surface area (Å²) in [4.78, 5) is 37.3. The van der Waals surface area contributed by atoms with E-state index in [1.165, 1.54) is 15.0 Å². The SMILES string of the molecule is Cc1cc(C)n2nc(C(=O)OCc3cc(=O)n4c(C)cccc4n3)nc2n1. The van der Waals surface area contributed by atoms with Gasteiger partial charge in [0.2, 0.25) is 0 Å².